The van der Waals surface area contributed by atoms with Gasteiger partial charge in [-0.1, -0.05) is 0 Å². The van der Waals surface area contributed by atoms with Crippen molar-refractivity contribution in [2.24, 2.45) is 0 Å². The molecule has 0 spiro atoms. The fraction of sp³-hybridized carbons (Fsp3) is 0.333. The predicted octanol–water partition coefficient (Wildman–Crippen LogP) is 2.91. The quantitative estimate of drug-likeness (QED) is 0.566. The van der Waals surface area contributed by atoms with Gasteiger partial charge >= 0.3 is 0 Å². The molecule has 0 N–H and O–H groups in total. The Morgan fingerprint density at radius 3 is 2.25 bits per heavy atom. The maximum absolute atomic E-state index is 10.5. The third-order valence-electron chi connectivity index (χ3n) is 2.39. The van der Waals surface area contributed by atoms with Crippen molar-refractivity contribution in [3.8, 4) is 0 Å². The summed E-state index contributed by atoms with van der Waals surface area (Å²) >= 11 is 0. The van der Waals surface area contributed by atoms with Gasteiger partial charge < -0.3 is 4.90 Å². The summed E-state index contributed by atoms with van der Waals surface area (Å²) in [6.07, 6.45) is 3.96. The molecule has 0 aliphatic heterocycles. The number of rotatable bonds is 5. The number of nitrogens with zero attached hydrogens (tertiary/aromatic N) is 2. The van der Waals surface area contributed by atoms with Crippen LogP contribution in [0, 0.1) is 10.1 Å². The second kappa shape index (κ2) is 5.90. The average molecular weight is 220 g/mol. The van der Waals surface area contributed by atoms with E-state index >= 15 is 0 Å². The highest BCUT2D eigenvalue weighted by molar-refractivity contribution is 5.51. The van der Waals surface area contributed by atoms with Crippen molar-refractivity contribution in [3.05, 3.63) is 46.1 Å². The van der Waals surface area contributed by atoms with Gasteiger partial charge in [0, 0.05) is 25.2 Å². The van der Waals surface area contributed by atoms with Crippen molar-refractivity contribution >= 4 is 11.8 Å². The molecule has 0 aliphatic carbocycles. The lowest BCUT2D eigenvalue weighted by Gasteiger charge is -2.14. The topological polar surface area (TPSA) is 46.4 Å². The minimum atomic E-state index is -0.391. The zero-order valence-electron chi connectivity index (χ0n) is 9.59. The standard InChI is InChI=1S/C12H16N2O2/c1-3-13(4-2)10-9-11-5-7-12(8-6-11)14(15)16/h5-10H,3-4H2,1-2H3. The predicted molar refractivity (Wildman–Crippen MR) is 65.1 cm³/mol. The fourth-order valence-electron chi connectivity index (χ4n) is 1.33. The lowest BCUT2D eigenvalue weighted by Crippen LogP contribution is -2.14. The summed E-state index contributed by atoms with van der Waals surface area (Å²) in [6.45, 7) is 6.09. The van der Waals surface area contributed by atoms with Gasteiger partial charge in [0.05, 0.1) is 4.92 Å². The molecule has 0 unspecified atom stereocenters. The van der Waals surface area contributed by atoms with Crippen LogP contribution in [-0.2, 0) is 0 Å². The lowest BCUT2D eigenvalue weighted by molar-refractivity contribution is -0.384. The Morgan fingerprint density at radius 2 is 1.81 bits per heavy atom. The van der Waals surface area contributed by atoms with Gasteiger partial charge in [0.1, 0.15) is 0 Å². The first-order valence-corrected chi connectivity index (χ1v) is 5.34. The van der Waals surface area contributed by atoms with Gasteiger partial charge in [-0.05, 0) is 43.8 Å². The van der Waals surface area contributed by atoms with Crippen molar-refractivity contribution in [2.45, 2.75) is 13.8 Å². The Morgan fingerprint density at radius 1 is 1.25 bits per heavy atom. The van der Waals surface area contributed by atoms with Crippen LogP contribution in [0.5, 0.6) is 0 Å². The Balaban J connectivity index is 2.71. The maximum Gasteiger partial charge on any atom is 0.269 e. The van der Waals surface area contributed by atoms with Crippen molar-refractivity contribution in [3.63, 3.8) is 0 Å². The molecular formula is C12H16N2O2. The van der Waals surface area contributed by atoms with E-state index in [1.165, 1.54) is 12.1 Å². The summed E-state index contributed by atoms with van der Waals surface area (Å²) in [5.41, 5.74) is 1.09. The third kappa shape index (κ3) is 3.38. The summed E-state index contributed by atoms with van der Waals surface area (Å²) in [5, 5.41) is 10.5. The summed E-state index contributed by atoms with van der Waals surface area (Å²) in [7, 11) is 0. The van der Waals surface area contributed by atoms with Gasteiger partial charge in [-0.25, -0.2) is 0 Å². The number of hydrogen-bond acceptors (Lipinski definition) is 3. The van der Waals surface area contributed by atoms with E-state index in [-0.39, 0.29) is 5.69 Å². The number of benzene rings is 1. The van der Waals surface area contributed by atoms with Crippen LogP contribution >= 0.6 is 0 Å². The summed E-state index contributed by atoms with van der Waals surface area (Å²) < 4.78 is 0. The number of nitro groups is 1. The van der Waals surface area contributed by atoms with Crippen LogP contribution in [-0.4, -0.2) is 22.9 Å². The van der Waals surface area contributed by atoms with E-state index in [9.17, 15) is 10.1 Å². The Hall–Kier alpha value is -1.84. The maximum atomic E-state index is 10.5. The Kier molecular flexibility index (Phi) is 4.51. The molecule has 0 aromatic heterocycles. The Bertz CT molecular complexity index is 367. The molecule has 1 aromatic rings. The second-order valence-corrected chi connectivity index (χ2v) is 3.39. The molecule has 0 saturated heterocycles. The fourth-order valence-corrected chi connectivity index (χ4v) is 1.33. The van der Waals surface area contributed by atoms with Gasteiger partial charge in [-0.3, -0.25) is 10.1 Å². The van der Waals surface area contributed by atoms with E-state index in [2.05, 4.69) is 18.7 Å². The molecule has 1 aromatic carbocycles. The van der Waals surface area contributed by atoms with Crippen LogP contribution in [0.2, 0.25) is 0 Å². The number of hydrogen-bond donors (Lipinski definition) is 0. The Labute approximate surface area is 95.3 Å². The molecule has 0 atom stereocenters. The molecular weight excluding hydrogens is 204 g/mol. The SMILES string of the molecule is CCN(C=Cc1ccc([N+](=O)[O-])cc1)CC. The minimum Gasteiger partial charge on any atom is -0.378 e. The molecule has 0 aliphatic rings. The molecule has 0 bridgehead atoms. The first-order chi connectivity index (χ1) is 7.67. The van der Waals surface area contributed by atoms with Crippen LogP contribution in [0.25, 0.3) is 6.08 Å². The van der Waals surface area contributed by atoms with E-state index in [1.807, 2.05) is 12.3 Å². The molecule has 0 saturated carbocycles. The number of non-ortho nitro benzene ring substituents is 1. The van der Waals surface area contributed by atoms with E-state index in [4.69, 9.17) is 0 Å². The molecule has 0 heterocycles. The van der Waals surface area contributed by atoms with Crippen LogP contribution in [0.4, 0.5) is 5.69 Å². The molecule has 86 valence electrons. The zero-order valence-corrected chi connectivity index (χ0v) is 9.59. The van der Waals surface area contributed by atoms with Crippen molar-refractivity contribution in [1.82, 2.24) is 4.90 Å². The summed E-state index contributed by atoms with van der Waals surface area (Å²) in [5.74, 6) is 0. The second-order valence-electron chi connectivity index (χ2n) is 3.39. The van der Waals surface area contributed by atoms with E-state index in [0.29, 0.717) is 0 Å². The van der Waals surface area contributed by atoms with Gasteiger partial charge in [0.15, 0.2) is 0 Å². The van der Waals surface area contributed by atoms with E-state index in [1.54, 1.807) is 12.1 Å². The first kappa shape index (κ1) is 12.2. The molecule has 4 nitrogen and oxygen atoms in total. The third-order valence-corrected chi connectivity index (χ3v) is 2.39. The van der Waals surface area contributed by atoms with Crippen LogP contribution in [0.3, 0.4) is 0 Å². The molecule has 0 amide bonds. The van der Waals surface area contributed by atoms with E-state index in [0.717, 1.165) is 18.7 Å². The van der Waals surface area contributed by atoms with Gasteiger partial charge in [-0.2, -0.15) is 0 Å². The van der Waals surface area contributed by atoms with Crippen molar-refractivity contribution < 1.29 is 4.92 Å². The van der Waals surface area contributed by atoms with Gasteiger partial charge in [0.2, 0.25) is 0 Å². The number of nitro benzene ring substituents is 1. The van der Waals surface area contributed by atoms with Crippen LogP contribution in [0.15, 0.2) is 30.5 Å². The molecule has 4 heteroatoms. The summed E-state index contributed by atoms with van der Waals surface area (Å²) in [4.78, 5) is 12.2. The smallest absolute Gasteiger partial charge is 0.269 e. The normalized spacial score (nSPS) is 10.6. The molecule has 1 rings (SSSR count). The monoisotopic (exact) mass is 220 g/mol. The summed E-state index contributed by atoms with van der Waals surface area (Å²) in [6, 6.07) is 6.53. The van der Waals surface area contributed by atoms with Gasteiger partial charge in [0.25, 0.3) is 5.69 Å². The van der Waals surface area contributed by atoms with Crippen molar-refractivity contribution in [2.75, 3.05) is 13.1 Å². The minimum absolute atomic E-state index is 0.125. The molecule has 0 radical (unpaired) electrons. The molecule has 0 fully saturated rings. The highest BCUT2D eigenvalue weighted by Gasteiger charge is 2.02. The first-order valence-electron chi connectivity index (χ1n) is 5.34. The largest absolute Gasteiger partial charge is 0.378 e. The highest BCUT2D eigenvalue weighted by Crippen LogP contribution is 2.12. The lowest BCUT2D eigenvalue weighted by atomic mass is 10.2. The van der Waals surface area contributed by atoms with Crippen LogP contribution < -0.4 is 0 Å². The van der Waals surface area contributed by atoms with Crippen LogP contribution in [0.1, 0.15) is 19.4 Å². The average Bonchev–Trinajstić information content (AvgIpc) is 2.31. The zero-order chi connectivity index (χ0) is 12.0. The van der Waals surface area contributed by atoms with Gasteiger partial charge in [-0.15, -0.1) is 0 Å². The highest BCUT2D eigenvalue weighted by atomic mass is 16.6. The molecule has 16 heavy (non-hydrogen) atoms. The van der Waals surface area contributed by atoms with E-state index < -0.39 is 4.92 Å². The van der Waals surface area contributed by atoms with Crippen molar-refractivity contribution in [1.29, 1.82) is 0 Å².